The lowest BCUT2D eigenvalue weighted by Crippen LogP contribution is -2.69. The Bertz CT molecular complexity index is 539. The van der Waals surface area contributed by atoms with Crippen molar-refractivity contribution in [2.75, 3.05) is 0 Å². The van der Waals surface area contributed by atoms with E-state index in [0.29, 0.717) is 0 Å². The second kappa shape index (κ2) is 8.73. The van der Waals surface area contributed by atoms with Crippen molar-refractivity contribution in [1.29, 1.82) is 0 Å². The summed E-state index contributed by atoms with van der Waals surface area (Å²) in [6, 6.07) is -2.47. The van der Waals surface area contributed by atoms with E-state index < -0.39 is 66.5 Å². The standard InChI is InChI=1S/C15H26N2O9/c1-6(18)4-10(22)17-12-9(21)5-15(25,14(23)24)26-13(12)11(7(2)19)16-8(3)20/h6-7,9,11-13,18-19,21,25H,4-5H2,1-3H3,(H,16,20)(H,17,22)(H,23,24)/t6-,7+,9-,11+,12+,13-,15-/m0/s1. The number of ether oxygens (including phenoxy) is 1. The van der Waals surface area contributed by atoms with Crippen LogP contribution in [0.1, 0.15) is 33.6 Å². The Morgan fingerprint density at radius 1 is 1.27 bits per heavy atom. The summed E-state index contributed by atoms with van der Waals surface area (Å²) in [6.07, 6.45) is -6.27. The fourth-order valence-corrected chi connectivity index (χ4v) is 2.81. The minimum Gasteiger partial charge on any atom is -0.477 e. The van der Waals surface area contributed by atoms with E-state index in [-0.39, 0.29) is 6.42 Å². The number of amides is 2. The molecule has 0 aromatic heterocycles. The van der Waals surface area contributed by atoms with Crippen molar-refractivity contribution in [2.24, 2.45) is 0 Å². The third kappa shape index (κ3) is 5.61. The highest BCUT2D eigenvalue weighted by atomic mass is 16.7. The first kappa shape index (κ1) is 22.3. The molecular weight excluding hydrogens is 352 g/mol. The van der Waals surface area contributed by atoms with Crippen molar-refractivity contribution in [1.82, 2.24) is 10.6 Å². The predicted molar refractivity (Wildman–Crippen MR) is 85.6 cm³/mol. The molecule has 0 aliphatic carbocycles. The number of hydrogen-bond acceptors (Lipinski definition) is 8. The molecule has 0 unspecified atom stereocenters. The smallest absolute Gasteiger partial charge is 0.364 e. The number of aliphatic hydroxyl groups is 4. The van der Waals surface area contributed by atoms with E-state index in [2.05, 4.69) is 10.6 Å². The zero-order chi connectivity index (χ0) is 20.2. The minimum absolute atomic E-state index is 0.293. The number of rotatable bonds is 7. The molecule has 0 spiro atoms. The summed E-state index contributed by atoms with van der Waals surface area (Å²) in [6.45, 7) is 3.82. The van der Waals surface area contributed by atoms with Crippen LogP contribution in [0.5, 0.6) is 0 Å². The zero-order valence-electron chi connectivity index (χ0n) is 14.7. The lowest BCUT2D eigenvalue weighted by atomic mass is 9.87. The van der Waals surface area contributed by atoms with Crippen molar-refractivity contribution >= 4 is 17.8 Å². The summed E-state index contributed by atoms with van der Waals surface area (Å²) in [4.78, 5) is 34.7. The number of aliphatic hydroxyl groups excluding tert-OH is 3. The number of aliphatic carboxylic acids is 1. The average Bonchev–Trinajstić information content (AvgIpc) is 2.46. The molecule has 150 valence electrons. The molecule has 1 aliphatic rings. The molecule has 7 atom stereocenters. The monoisotopic (exact) mass is 378 g/mol. The first-order valence-corrected chi connectivity index (χ1v) is 8.11. The zero-order valence-corrected chi connectivity index (χ0v) is 14.7. The van der Waals surface area contributed by atoms with Gasteiger partial charge in [-0.2, -0.15) is 0 Å². The van der Waals surface area contributed by atoms with E-state index in [1.54, 1.807) is 0 Å². The third-order valence-electron chi connectivity index (χ3n) is 3.97. The highest BCUT2D eigenvalue weighted by molar-refractivity contribution is 5.78. The highest BCUT2D eigenvalue weighted by Gasteiger charge is 2.54. The van der Waals surface area contributed by atoms with Crippen LogP contribution in [0.2, 0.25) is 0 Å². The molecule has 0 saturated carbocycles. The van der Waals surface area contributed by atoms with Crippen LogP contribution in [0.15, 0.2) is 0 Å². The highest BCUT2D eigenvalue weighted by Crippen LogP contribution is 2.30. The fourth-order valence-electron chi connectivity index (χ4n) is 2.81. The van der Waals surface area contributed by atoms with Gasteiger partial charge in [0.1, 0.15) is 6.10 Å². The average molecular weight is 378 g/mol. The number of hydrogen-bond donors (Lipinski definition) is 7. The van der Waals surface area contributed by atoms with Gasteiger partial charge in [-0.3, -0.25) is 9.59 Å². The fraction of sp³-hybridized carbons (Fsp3) is 0.800. The Hall–Kier alpha value is -1.79. The minimum atomic E-state index is -2.76. The first-order chi connectivity index (χ1) is 11.9. The molecular formula is C15H26N2O9. The lowest BCUT2D eigenvalue weighted by Gasteiger charge is -2.46. The normalized spacial score (nSPS) is 32.2. The van der Waals surface area contributed by atoms with Crippen LogP contribution < -0.4 is 10.6 Å². The van der Waals surface area contributed by atoms with Crippen molar-refractivity contribution < 1.29 is 44.7 Å². The summed E-state index contributed by atoms with van der Waals surface area (Å²) in [5.74, 6) is -5.76. The number of nitrogens with one attached hydrogen (secondary N) is 2. The molecule has 7 N–H and O–H groups in total. The van der Waals surface area contributed by atoms with Crippen molar-refractivity contribution in [2.45, 2.75) is 75.9 Å². The summed E-state index contributed by atoms with van der Waals surface area (Å²) in [7, 11) is 0. The maximum Gasteiger partial charge on any atom is 0.364 e. The molecule has 0 aromatic rings. The Balaban J connectivity index is 3.19. The third-order valence-corrected chi connectivity index (χ3v) is 3.97. The number of carboxylic acid groups (broad SMARTS) is 1. The van der Waals surface area contributed by atoms with Gasteiger partial charge in [0, 0.05) is 13.3 Å². The maximum absolute atomic E-state index is 12.0. The molecule has 1 aliphatic heterocycles. The molecule has 0 bridgehead atoms. The SMILES string of the molecule is CC(=O)N[C@@H]([C@@H]1O[C@](O)(C(=O)O)C[C@H](O)[C@H]1NC(=O)C[C@H](C)O)[C@@H](C)O. The van der Waals surface area contributed by atoms with Gasteiger partial charge in [-0.1, -0.05) is 0 Å². The van der Waals surface area contributed by atoms with Crippen molar-refractivity contribution in [3.8, 4) is 0 Å². The number of carbonyl (C=O) groups is 3. The molecule has 26 heavy (non-hydrogen) atoms. The molecule has 1 rings (SSSR count). The quantitative estimate of drug-likeness (QED) is 0.243. The summed E-state index contributed by atoms with van der Waals surface area (Å²) in [5.41, 5.74) is 0. The van der Waals surface area contributed by atoms with E-state index in [9.17, 15) is 34.8 Å². The molecule has 11 heteroatoms. The van der Waals surface area contributed by atoms with Crippen LogP contribution >= 0.6 is 0 Å². The van der Waals surface area contributed by atoms with E-state index in [1.807, 2.05) is 0 Å². The van der Waals surface area contributed by atoms with E-state index >= 15 is 0 Å². The van der Waals surface area contributed by atoms with Gasteiger partial charge in [0.15, 0.2) is 0 Å². The predicted octanol–water partition coefficient (Wildman–Crippen LogP) is -2.95. The molecule has 11 nitrogen and oxygen atoms in total. The van der Waals surface area contributed by atoms with Crippen LogP contribution in [-0.2, 0) is 19.1 Å². The molecule has 1 heterocycles. The van der Waals surface area contributed by atoms with Gasteiger partial charge in [0.05, 0.1) is 36.8 Å². The molecule has 2 amide bonds. The molecule has 0 radical (unpaired) electrons. The largest absolute Gasteiger partial charge is 0.477 e. The summed E-state index contributed by atoms with van der Waals surface area (Å²) in [5, 5.41) is 53.6. The Morgan fingerprint density at radius 2 is 1.85 bits per heavy atom. The second-order valence-electron chi connectivity index (χ2n) is 6.56. The molecule has 1 fully saturated rings. The van der Waals surface area contributed by atoms with Crippen LogP contribution in [-0.4, -0.2) is 85.6 Å². The van der Waals surface area contributed by atoms with Gasteiger partial charge in [-0.05, 0) is 13.8 Å². The Kier molecular flexibility index (Phi) is 7.47. The van der Waals surface area contributed by atoms with Crippen molar-refractivity contribution in [3.05, 3.63) is 0 Å². The van der Waals surface area contributed by atoms with Crippen LogP contribution in [0.25, 0.3) is 0 Å². The lowest BCUT2D eigenvalue weighted by molar-refractivity contribution is -0.283. The Morgan fingerprint density at radius 3 is 2.27 bits per heavy atom. The van der Waals surface area contributed by atoms with Gasteiger partial charge in [0.2, 0.25) is 11.8 Å². The van der Waals surface area contributed by atoms with E-state index in [4.69, 9.17) is 9.84 Å². The molecule has 0 aromatic carbocycles. The summed E-state index contributed by atoms with van der Waals surface area (Å²) < 4.78 is 5.19. The van der Waals surface area contributed by atoms with Crippen LogP contribution in [0, 0.1) is 0 Å². The summed E-state index contributed by atoms with van der Waals surface area (Å²) >= 11 is 0. The van der Waals surface area contributed by atoms with Gasteiger partial charge >= 0.3 is 5.97 Å². The first-order valence-electron chi connectivity index (χ1n) is 8.11. The van der Waals surface area contributed by atoms with Crippen LogP contribution in [0.3, 0.4) is 0 Å². The van der Waals surface area contributed by atoms with Gasteiger partial charge in [-0.25, -0.2) is 4.79 Å². The topological polar surface area (TPSA) is 186 Å². The molecule has 1 saturated heterocycles. The van der Waals surface area contributed by atoms with Gasteiger partial charge in [0.25, 0.3) is 5.79 Å². The van der Waals surface area contributed by atoms with Gasteiger partial charge < -0.3 is 40.9 Å². The maximum atomic E-state index is 12.0. The Labute approximate surface area is 150 Å². The van der Waals surface area contributed by atoms with Crippen LogP contribution in [0.4, 0.5) is 0 Å². The number of carboxylic acids is 1. The second-order valence-corrected chi connectivity index (χ2v) is 6.56. The van der Waals surface area contributed by atoms with Gasteiger partial charge in [-0.15, -0.1) is 0 Å². The van der Waals surface area contributed by atoms with Crippen molar-refractivity contribution in [3.63, 3.8) is 0 Å². The van der Waals surface area contributed by atoms with E-state index in [0.717, 1.165) is 6.92 Å². The number of carbonyl (C=O) groups excluding carboxylic acids is 2. The van der Waals surface area contributed by atoms with E-state index in [1.165, 1.54) is 13.8 Å².